The summed E-state index contributed by atoms with van der Waals surface area (Å²) in [5, 5.41) is 8.52. The van der Waals surface area contributed by atoms with Crippen molar-refractivity contribution in [1.82, 2.24) is 24.5 Å². The minimum Gasteiger partial charge on any atom is -0.350 e. The third-order valence-electron chi connectivity index (χ3n) is 4.35. The standard InChI is InChI=1S/C19H16ClN5O2/c1-12-3-2-4-15-17(12)22-11-24-18(15)23-25(19(24)27)10-16(26)21-9-13-5-7-14(20)8-6-13/h2-8,11H,9-10H2,1H3,(H,21,26). The summed E-state index contributed by atoms with van der Waals surface area (Å²) in [5.74, 6) is -0.302. The van der Waals surface area contributed by atoms with Gasteiger partial charge in [-0.2, -0.15) is 0 Å². The monoisotopic (exact) mass is 381 g/mol. The van der Waals surface area contributed by atoms with Gasteiger partial charge in [0.15, 0.2) is 5.65 Å². The number of hydrogen-bond acceptors (Lipinski definition) is 4. The highest BCUT2D eigenvalue weighted by molar-refractivity contribution is 6.30. The molecule has 0 aliphatic rings. The van der Waals surface area contributed by atoms with Crippen LogP contribution in [0.25, 0.3) is 16.6 Å². The van der Waals surface area contributed by atoms with E-state index in [9.17, 15) is 9.59 Å². The zero-order valence-corrected chi connectivity index (χ0v) is 15.3. The van der Waals surface area contributed by atoms with Gasteiger partial charge in [-0.1, -0.05) is 35.9 Å². The predicted molar refractivity (Wildman–Crippen MR) is 103 cm³/mol. The molecular formula is C19H16ClN5O2. The Labute approximate surface area is 159 Å². The van der Waals surface area contributed by atoms with Crippen LogP contribution >= 0.6 is 11.6 Å². The molecule has 8 heteroatoms. The molecule has 0 radical (unpaired) electrons. The van der Waals surface area contributed by atoms with Crippen LogP contribution in [0.1, 0.15) is 11.1 Å². The SMILES string of the molecule is Cc1cccc2c1ncn1c(=O)n(CC(=O)NCc3ccc(Cl)cc3)nc21. The fraction of sp³-hybridized carbons (Fsp3) is 0.158. The maximum absolute atomic E-state index is 12.5. The third kappa shape index (κ3) is 3.29. The first-order valence-electron chi connectivity index (χ1n) is 8.37. The fourth-order valence-electron chi connectivity index (χ4n) is 2.93. The van der Waals surface area contributed by atoms with Crippen molar-refractivity contribution in [1.29, 1.82) is 0 Å². The van der Waals surface area contributed by atoms with Gasteiger partial charge in [0.2, 0.25) is 5.91 Å². The lowest BCUT2D eigenvalue weighted by molar-refractivity contribution is -0.122. The van der Waals surface area contributed by atoms with Crippen LogP contribution in [0.5, 0.6) is 0 Å². The topological polar surface area (TPSA) is 81.3 Å². The van der Waals surface area contributed by atoms with E-state index in [1.54, 1.807) is 12.1 Å². The predicted octanol–water partition coefficient (Wildman–Crippen LogP) is 2.32. The molecule has 0 bridgehead atoms. The van der Waals surface area contributed by atoms with Gasteiger partial charge in [0.05, 0.1) is 5.52 Å². The Morgan fingerprint density at radius 2 is 1.96 bits per heavy atom. The summed E-state index contributed by atoms with van der Waals surface area (Å²) >= 11 is 5.85. The summed E-state index contributed by atoms with van der Waals surface area (Å²) in [5.41, 5.74) is 2.79. The van der Waals surface area contributed by atoms with Crippen LogP contribution in [0.2, 0.25) is 5.02 Å². The van der Waals surface area contributed by atoms with Gasteiger partial charge >= 0.3 is 5.69 Å². The number of fused-ring (bicyclic) bond motifs is 3. The van der Waals surface area contributed by atoms with E-state index in [0.29, 0.717) is 17.2 Å². The summed E-state index contributed by atoms with van der Waals surface area (Å²) in [4.78, 5) is 29.1. The van der Waals surface area contributed by atoms with Gasteiger partial charge in [-0.05, 0) is 36.2 Å². The molecule has 1 N–H and O–H groups in total. The number of nitrogens with one attached hydrogen (secondary N) is 1. The number of nitrogens with zero attached hydrogens (tertiary/aromatic N) is 4. The smallest absolute Gasteiger partial charge is 0.350 e. The van der Waals surface area contributed by atoms with E-state index in [2.05, 4.69) is 15.4 Å². The molecule has 0 saturated heterocycles. The average molecular weight is 382 g/mol. The van der Waals surface area contributed by atoms with E-state index in [4.69, 9.17) is 11.6 Å². The van der Waals surface area contributed by atoms with E-state index < -0.39 is 5.69 Å². The van der Waals surface area contributed by atoms with E-state index in [1.807, 2.05) is 37.3 Å². The van der Waals surface area contributed by atoms with Crippen molar-refractivity contribution in [3.05, 3.63) is 75.4 Å². The molecule has 2 aromatic carbocycles. The Hall–Kier alpha value is -3.19. The second kappa shape index (κ2) is 6.85. The summed E-state index contributed by atoms with van der Waals surface area (Å²) in [7, 11) is 0. The largest absolute Gasteiger partial charge is 0.352 e. The lowest BCUT2D eigenvalue weighted by Gasteiger charge is -2.05. The maximum atomic E-state index is 12.5. The first-order chi connectivity index (χ1) is 13.0. The minimum atomic E-state index is -0.400. The van der Waals surface area contributed by atoms with Crippen LogP contribution in [-0.2, 0) is 17.9 Å². The normalized spacial score (nSPS) is 11.2. The Morgan fingerprint density at radius 3 is 2.74 bits per heavy atom. The van der Waals surface area contributed by atoms with Crippen molar-refractivity contribution < 1.29 is 4.79 Å². The summed E-state index contributed by atoms with van der Waals surface area (Å²) in [6.45, 7) is 2.13. The summed E-state index contributed by atoms with van der Waals surface area (Å²) in [6.07, 6.45) is 1.45. The quantitative estimate of drug-likeness (QED) is 0.588. The highest BCUT2D eigenvalue weighted by Crippen LogP contribution is 2.18. The van der Waals surface area contributed by atoms with Crippen molar-refractivity contribution in [2.45, 2.75) is 20.0 Å². The number of benzene rings is 2. The van der Waals surface area contributed by atoms with Crippen molar-refractivity contribution in [3.63, 3.8) is 0 Å². The van der Waals surface area contributed by atoms with Gasteiger partial charge in [0.1, 0.15) is 12.9 Å². The van der Waals surface area contributed by atoms with Gasteiger partial charge in [-0.25, -0.2) is 18.9 Å². The highest BCUT2D eigenvalue weighted by atomic mass is 35.5. The molecule has 2 heterocycles. The van der Waals surface area contributed by atoms with E-state index in [0.717, 1.165) is 26.7 Å². The van der Waals surface area contributed by atoms with Crippen molar-refractivity contribution in [3.8, 4) is 0 Å². The molecule has 0 aliphatic carbocycles. The number of aryl methyl sites for hydroxylation is 1. The second-order valence-corrected chi connectivity index (χ2v) is 6.69. The molecule has 4 aromatic rings. The second-order valence-electron chi connectivity index (χ2n) is 6.25. The van der Waals surface area contributed by atoms with Crippen LogP contribution < -0.4 is 11.0 Å². The molecule has 1 amide bonds. The lowest BCUT2D eigenvalue weighted by atomic mass is 10.1. The number of para-hydroxylation sites is 1. The molecule has 2 aromatic heterocycles. The number of rotatable bonds is 4. The van der Waals surface area contributed by atoms with Crippen LogP contribution in [-0.4, -0.2) is 25.1 Å². The first-order valence-corrected chi connectivity index (χ1v) is 8.75. The van der Waals surface area contributed by atoms with E-state index in [-0.39, 0.29) is 12.5 Å². The Balaban J connectivity index is 1.58. The van der Waals surface area contributed by atoms with Gasteiger partial charge < -0.3 is 5.32 Å². The van der Waals surface area contributed by atoms with Crippen LogP contribution in [0, 0.1) is 6.92 Å². The summed E-state index contributed by atoms with van der Waals surface area (Å²) in [6, 6.07) is 12.9. The zero-order chi connectivity index (χ0) is 19.0. The minimum absolute atomic E-state index is 0.165. The van der Waals surface area contributed by atoms with Gasteiger partial charge in [-0.15, -0.1) is 5.10 Å². The molecule has 0 unspecified atom stereocenters. The van der Waals surface area contributed by atoms with Gasteiger partial charge in [-0.3, -0.25) is 4.79 Å². The Morgan fingerprint density at radius 1 is 1.19 bits per heavy atom. The molecule has 7 nitrogen and oxygen atoms in total. The Bertz CT molecular complexity index is 1210. The Kier molecular flexibility index (Phi) is 4.37. The number of hydrogen-bond donors (Lipinski definition) is 1. The van der Waals surface area contributed by atoms with Gasteiger partial charge in [0, 0.05) is 17.0 Å². The van der Waals surface area contributed by atoms with Crippen molar-refractivity contribution in [2.24, 2.45) is 0 Å². The maximum Gasteiger partial charge on any atom is 0.352 e. The number of amides is 1. The summed E-state index contributed by atoms with van der Waals surface area (Å²) < 4.78 is 2.50. The first kappa shape index (κ1) is 17.2. The molecule has 0 fully saturated rings. The number of carbonyl (C=O) groups excluding carboxylic acids is 1. The molecule has 0 aliphatic heterocycles. The van der Waals surface area contributed by atoms with Crippen molar-refractivity contribution in [2.75, 3.05) is 0 Å². The third-order valence-corrected chi connectivity index (χ3v) is 4.60. The number of aromatic nitrogens is 4. The lowest BCUT2D eigenvalue weighted by Crippen LogP contribution is -2.32. The molecule has 0 spiro atoms. The van der Waals surface area contributed by atoms with E-state index in [1.165, 1.54) is 10.7 Å². The molecule has 0 saturated carbocycles. The fourth-order valence-corrected chi connectivity index (χ4v) is 3.06. The molecular weight excluding hydrogens is 366 g/mol. The highest BCUT2D eigenvalue weighted by Gasteiger charge is 2.14. The molecule has 4 rings (SSSR count). The zero-order valence-electron chi connectivity index (χ0n) is 14.5. The molecule has 27 heavy (non-hydrogen) atoms. The van der Waals surface area contributed by atoms with Crippen molar-refractivity contribution >= 4 is 34.1 Å². The van der Waals surface area contributed by atoms with Crippen LogP contribution in [0.4, 0.5) is 0 Å². The van der Waals surface area contributed by atoms with E-state index >= 15 is 0 Å². The average Bonchev–Trinajstić information content (AvgIpc) is 2.98. The number of carbonyl (C=O) groups is 1. The number of halogens is 1. The van der Waals surface area contributed by atoms with Crippen LogP contribution in [0.15, 0.2) is 53.6 Å². The molecule has 0 atom stereocenters. The van der Waals surface area contributed by atoms with Crippen LogP contribution in [0.3, 0.4) is 0 Å². The van der Waals surface area contributed by atoms with Gasteiger partial charge in [0.25, 0.3) is 0 Å². The molecule has 136 valence electrons.